The molecule has 0 saturated heterocycles. The van der Waals surface area contributed by atoms with Crippen LogP contribution in [-0.4, -0.2) is 21.9 Å². The number of carbonyl (C=O) groups excluding carboxylic acids is 1. The molecule has 4 rings (SSSR count). The zero-order valence-corrected chi connectivity index (χ0v) is 13.6. The molecule has 1 amide bonds. The van der Waals surface area contributed by atoms with Gasteiger partial charge in [0.15, 0.2) is 0 Å². The minimum atomic E-state index is -0.312. The summed E-state index contributed by atoms with van der Waals surface area (Å²) in [6, 6.07) is 14.8. The second-order valence-electron chi connectivity index (χ2n) is 6.33. The molecule has 0 spiro atoms. The van der Waals surface area contributed by atoms with Crippen molar-refractivity contribution in [2.75, 3.05) is 6.54 Å². The molecule has 1 aromatic heterocycles. The van der Waals surface area contributed by atoms with E-state index in [1.54, 1.807) is 18.2 Å². The van der Waals surface area contributed by atoms with Crippen LogP contribution in [0.15, 0.2) is 48.5 Å². The van der Waals surface area contributed by atoms with Gasteiger partial charge in [-0.05, 0) is 29.7 Å². The average Bonchev–Trinajstić information content (AvgIpc) is 2.90. The Labute approximate surface area is 140 Å². The summed E-state index contributed by atoms with van der Waals surface area (Å²) in [5.74, 6) is -0.329. The third-order valence-electron chi connectivity index (χ3n) is 4.97. The summed E-state index contributed by atoms with van der Waals surface area (Å²) in [6.07, 6.45) is 0.964. The van der Waals surface area contributed by atoms with Gasteiger partial charge in [0.25, 0.3) is 0 Å². The maximum Gasteiger partial charge on any atom is 0.227 e. The molecule has 2 aromatic carbocycles. The van der Waals surface area contributed by atoms with E-state index in [-0.39, 0.29) is 18.1 Å². The Bertz CT molecular complexity index is 929. The van der Waals surface area contributed by atoms with E-state index in [0.717, 1.165) is 6.42 Å². The predicted octanol–water partition coefficient (Wildman–Crippen LogP) is 3.44. The molecule has 2 heterocycles. The molecule has 0 saturated carbocycles. The number of aryl methyl sites for hydroxylation is 1. The van der Waals surface area contributed by atoms with Crippen molar-refractivity contribution in [3.05, 3.63) is 71.2 Å². The van der Waals surface area contributed by atoms with Gasteiger partial charge >= 0.3 is 0 Å². The summed E-state index contributed by atoms with van der Waals surface area (Å²) >= 11 is 0. The molecular formula is C20H19FN2O. The van der Waals surface area contributed by atoms with Gasteiger partial charge in [-0.25, -0.2) is 4.39 Å². The van der Waals surface area contributed by atoms with Gasteiger partial charge in [0.1, 0.15) is 5.82 Å². The Morgan fingerprint density at radius 1 is 1.12 bits per heavy atom. The standard InChI is InChI=1S/C20H19FN2O/c1-22-18-9-5-3-7-15(18)16-10-11-23(13-19(16)22)20(24)12-14-6-2-4-8-17(14)21/h2-9H,10-13H2,1H3. The van der Waals surface area contributed by atoms with Crippen molar-refractivity contribution >= 4 is 16.8 Å². The first kappa shape index (κ1) is 14.9. The second kappa shape index (κ2) is 5.78. The van der Waals surface area contributed by atoms with Crippen LogP contribution >= 0.6 is 0 Å². The summed E-state index contributed by atoms with van der Waals surface area (Å²) in [7, 11) is 2.05. The van der Waals surface area contributed by atoms with E-state index in [0.29, 0.717) is 18.7 Å². The van der Waals surface area contributed by atoms with Crippen LogP contribution in [0.25, 0.3) is 10.9 Å². The normalized spacial score (nSPS) is 14.0. The van der Waals surface area contributed by atoms with E-state index in [1.165, 1.54) is 28.2 Å². The summed E-state index contributed by atoms with van der Waals surface area (Å²) in [5, 5.41) is 1.27. The maximum absolute atomic E-state index is 13.8. The number of para-hydroxylation sites is 1. The lowest BCUT2D eigenvalue weighted by Crippen LogP contribution is -2.37. The van der Waals surface area contributed by atoms with E-state index in [1.807, 2.05) is 18.0 Å². The average molecular weight is 322 g/mol. The van der Waals surface area contributed by atoms with Gasteiger partial charge in [-0.1, -0.05) is 36.4 Å². The molecule has 1 aliphatic heterocycles. The number of nitrogens with zero attached hydrogens (tertiary/aromatic N) is 2. The van der Waals surface area contributed by atoms with Crippen molar-refractivity contribution < 1.29 is 9.18 Å². The molecule has 1 aliphatic rings. The fraction of sp³-hybridized carbons (Fsp3) is 0.250. The predicted molar refractivity (Wildman–Crippen MR) is 92.1 cm³/mol. The first-order valence-corrected chi connectivity index (χ1v) is 8.21. The number of amides is 1. The van der Waals surface area contributed by atoms with Gasteiger partial charge < -0.3 is 9.47 Å². The quantitative estimate of drug-likeness (QED) is 0.709. The number of hydrogen-bond donors (Lipinski definition) is 0. The van der Waals surface area contributed by atoms with E-state index in [2.05, 4.69) is 22.8 Å². The lowest BCUT2D eigenvalue weighted by atomic mass is 10.0. The number of carbonyl (C=O) groups is 1. The number of hydrogen-bond acceptors (Lipinski definition) is 1. The molecule has 0 unspecified atom stereocenters. The van der Waals surface area contributed by atoms with Gasteiger partial charge in [-0.2, -0.15) is 0 Å². The Hall–Kier alpha value is -2.62. The SMILES string of the molecule is Cn1c2c(c3ccccc31)CCN(C(=O)Cc1ccccc1F)C2. The van der Waals surface area contributed by atoms with Crippen LogP contribution in [0.5, 0.6) is 0 Å². The van der Waals surface area contributed by atoms with Crippen molar-refractivity contribution in [2.24, 2.45) is 7.05 Å². The van der Waals surface area contributed by atoms with E-state index >= 15 is 0 Å². The molecule has 3 aromatic rings. The third-order valence-corrected chi connectivity index (χ3v) is 4.97. The highest BCUT2D eigenvalue weighted by Crippen LogP contribution is 2.30. The number of aromatic nitrogens is 1. The van der Waals surface area contributed by atoms with Crippen LogP contribution in [0.1, 0.15) is 16.8 Å². The molecule has 3 nitrogen and oxygen atoms in total. The van der Waals surface area contributed by atoms with Crippen LogP contribution in [0.4, 0.5) is 4.39 Å². The van der Waals surface area contributed by atoms with Crippen molar-refractivity contribution in [1.29, 1.82) is 0 Å². The molecule has 0 fully saturated rings. The first-order valence-electron chi connectivity index (χ1n) is 8.21. The molecule has 0 aliphatic carbocycles. The Morgan fingerprint density at radius 2 is 1.88 bits per heavy atom. The van der Waals surface area contributed by atoms with E-state index in [9.17, 15) is 9.18 Å². The number of fused-ring (bicyclic) bond motifs is 3. The summed E-state index contributed by atoms with van der Waals surface area (Å²) in [4.78, 5) is 14.4. The first-order chi connectivity index (χ1) is 11.6. The lowest BCUT2D eigenvalue weighted by molar-refractivity contribution is -0.131. The molecule has 0 radical (unpaired) electrons. The van der Waals surface area contributed by atoms with E-state index < -0.39 is 0 Å². The van der Waals surface area contributed by atoms with E-state index in [4.69, 9.17) is 0 Å². The van der Waals surface area contributed by atoms with Crippen LogP contribution in [0.3, 0.4) is 0 Å². The van der Waals surface area contributed by atoms with Crippen LogP contribution < -0.4 is 0 Å². The molecule has 0 N–H and O–H groups in total. The largest absolute Gasteiger partial charge is 0.346 e. The second-order valence-corrected chi connectivity index (χ2v) is 6.33. The Kier molecular flexibility index (Phi) is 3.60. The van der Waals surface area contributed by atoms with Crippen LogP contribution in [0, 0.1) is 5.82 Å². The van der Waals surface area contributed by atoms with Gasteiger partial charge in [-0.3, -0.25) is 4.79 Å². The summed E-state index contributed by atoms with van der Waals surface area (Å²) in [5.41, 5.74) is 4.18. The summed E-state index contributed by atoms with van der Waals surface area (Å²) in [6.45, 7) is 1.28. The molecule has 4 heteroatoms. The third kappa shape index (κ3) is 2.39. The number of rotatable bonds is 2. The molecule has 24 heavy (non-hydrogen) atoms. The zero-order chi connectivity index (χ0) is 16.7. The topological polar surface area (TPSA) is 25.2 Å². The maximum atomic E-state index is 13.8. The number of halogens is 1. The zero-order valence-electron chi connectivity index (χ0n) is 13.6. The number of benzene rings is 2. The van der Waals surface area contributed by atoms with Crippen molar-refractivity contribution in [3.8, 4) is 0 Å². The molecular weight excluding hydrogens is 303 g/mol. The van der Waals surface area contributed by atoms with Gasteiger partial charge in [-0.15, -0.1) is 0 Å². The molecule has 0 bridgehead atoms. The van der Waals surface area contributed by atoms with Crippen LogP contribution in [0.2, 0.25) is 0 Å². The highest BCUT2D eigenvalue weighted by atomic mass is 19.1. The highest BCUT2D eigenvalue weighted by molar-refractivity contribution is 5.86. The molecule has 122 valence electrons. The van der Waals surface area contributed by atoms with Crippen molar-refractivity contribution in [3.63, 3.8) is 0 Å². The monoisotopic (exact) mass is 322 g/mol. The minimum absolute atomic E-state index is 0.0176. The van der Waals surface area contributed by atoms with Gasteiger partial charge in [0.2, 0.25) is 5.91 Å². The fourth-order valence-electron chi connectivity index (χ4n) is 3.64. The van der Waals surface area contributed by atoms with Crippen molar-refractivity contribution in [1.82, 2.24) is 9.47 Å². The molecule has 0 atom stereocenters. The summed E-state index contributed by atoms with van der Waals surface area (Å²) < 4.78 is 16.0. The smallest absolute Gasteiger partial charge is 0.227 e. The van der Waals surface area contributed by atoms with Gasteiger partial charge in [0, 0.05) is 30.2 Å². The van der Waals surface area contributed by atoms with Crippen LogP contribution in [-0.2, 0) is 31.2 Å². The van der Waals surface area contributed by atoms with Crippen molar-refractivity contribution in [2.45, 2.75) is 19.4 Å². The lowest BCUT2D eigenvalue weighted by Gasteiger charge is -2.28. The highest BCUT2D eigenvalue weighted by Gasteiger charge is 2.25. The Balaban J connectivity index is 1.60. The van der Waals surface area contributed by atoms with Gasteiger partial charge in [0.05, 0.1) is 13.0 Å². The Morgan fingerprint density at radius 3 is 2.71 bits per heavy atom. The fourth-order valence-corrected chi connectivity index (χ4v) is 3.64. The minimum Gasteiger partial charge on any atom is -0.346 e.